The molecule has 2 heteroatoms. The van der Waals surface area contributed by atoms with Crippen molar-refractivity contribution in [3.63, 3.8) is 0 Å². The Morgan fingerprint density at radius 2 is 2.06 bits per heavy atom. The molecule has 16 heavy (non-hydrogen) atoms. The summed E-state index contributed by atoms with van der Waals surface area (Å²) in [5.41, 5.74) is 1.09. The Hall–Kier alpha value is -1.96. The highest BCUT2D eigenvalue weighted by Gasteiger charge is 1.96. The Balaban J connectivity index is 2.57. The van der Waals surface area contributed by atoms with Crippen LogP contribution in [-0.4, -0.2) is 5.11 Å². The standard InChI is InChI=1S/C14H16O2/c1-3-13(15)10-14(4-2)16-11-12-8-6-5-7-9-12/h3-10,15H,1,11H2,2H3/b13-10+,14-4+. The van der Waals surface area contributed by atoms with Gasteiger partial charge in [-0.25, -0.2) is 0 Å². The molecule has 0 bridgehead atoms. The van der Waals surface area contributed by atoms with Crippen LogP contribution in [0.5, 0.6) is 0 Å². The molecular weight excluding hydrogens is 200 g/mol. The predicted molar refractivity (Wildman–Crippen MR) is 65.9 cm³/mol. The van der Waals surface area contributed by atoms with Gasteiger partial charge in [-0.05, 0) is 24.6 Å². The zero-order valence-corrected chi connectivity index (χ0v) is 9.39. The van der Waals surface area contributed by atoms with E-state index in [1.807, 2.05) is 37.3 Å². The van der Waals surface area contributed by atoms with Gasteiger partial charge < -0.3 is 9.84 Å². The van der Waals surface area contributed by atoms with Crippen LogP contribution in [0.25, 0.3) is 0 Å². The molecular formula is C14H16O2. The summed E-state index contributed by atoms with van der Waals surface area (Å²) in [6, 6.07) is 9.87. The SMILES string of the molecule is C=C/C(O)=C\C(=C/C)OCc1ccccc1. The third-order valence-corrected chi connectivity index (χ3v) is 2.03. The summed E-state index contributed by atoms with van der Waals surface area (Å²) in [5, 5.41) is 9.28. The van der Waals surface area contributed by atoms with Crippen molar-refractivity contribution in [2.75, 3.05) is 0 Å². The van der Waals surface area contributed by atoms with Gasteiger partial charge in [-0.3, -0.25) is 0 Å². The molecule has 0 heterocycles. The Kier molecular flexibility index (Phi) is 4.93. The second kappa shape index (κ2) is 6.51. The lowest BCUT2D eigenvalue weighted by molar-refractivity contribution is 0.209. The van der Waals surface area contributed by atoms with E-state index < -0.39 is 0 Å². The average Bonchev–Trinajstić information content (AvgIpc) is 2.35. The van der Waals surface area contributed by atoms with E-state index in [2.05, 4.69) is 6.58 Å². The van der Waals surface area contributed by atoms with Crippen LogP contribution in [0.4, 0.5) is 0 Å². The first-order valence-corrected chi connectivity index (χ1v) is 5.12. The lowest BCUT2D eigenvalue weighted by Crippen LogP contribution is -1.92. The Morgan fingerprint density at radius 3 is 2.62 bits per heavy atom. The van der Waals surface area contributed by atoms with E-state index in [0.717, 1.165) is 5.56 Å². The van der Waals surface area contributed by atoms with Crippen molar-refractivity contribution in [2.24, 2.45) is 0 Å². The molecule has 0 saturated heterocycles. The largest absolute Gasteiger partial charge is 0.508 e. The molecule has 0 atom stereocenters. The van der Waals surface area contributed by atoms with Crippen molar-refractivity contribution in [1.82, 2.24) is 0 Å². The maximum Gasteiger partial charge on any atom is 0.119 e. The third kappa shape index (κ3) is 4.05. The molecule has 0 saturated carbocycles. The van der Waals surface area contributed by atoms with Gasteiger partial charge in [0.1, 0.15) is 18.1 Å². The summed E-state index contributed by atoms with van der Waals surface area (Å²) >= 11 is 0. The first-order chi connectivity index (χ1) is 7.76. The van der Waals surface area contributed by atoms with Gasteiger partial charge >= 0.3 is 0 Å². The first-order valence-electron chi connectivity index (χ1n) is 5.12. The van der Waals surface area contributed by atoms with Gasteiger partial charge in [0.05, 0.1) is 0 Å². The molecule has 1 rings (SSSR count). The normalized spacial score (nSPS) is 12.3. The fourth-order valence-corrected chi connectivity index (χ4v) is 1.15. The molecule has 1 aromatic rings. The van der Waals surface area contributed by atoms with Crippen molar-refractivity contribution in [1.29, 1.82) is 0 Å². The Bertz CT molecular complexity index is 388. The zero-order chi connectivity index (χ0) is 11.8. The fraction of sp³-hybridized carbons (Fsp3) is 0.143. The summed E-state index contributed by atoms with van der Waals surface area (Å²) in [4.78, 5) is 0. The molecule has 0 aliphatic heterocycles. The van der Waals surface area contributed by atoms with E-state index in [1.54, 1.807) is 6.08 Å². The fourth-order valence-electron chi connectivity index (χ4n) is 1.15. The number of allylic oxidation sites excluding steroid dienone is 3. The highest BCUT2D eigenvalue weighted by Crippen LogP contribution is 2.08. The minimum absolute atomic E-state index is 0.0983. The van der Waals surface area contributed by atoms with E-state index in [-0.39, 0.29) is 5.76 Å². The summed E-state index contributed by atoms with van der Waals surface area (Å²) in [6.45, 7) is 5.81. The molecule has 0 aliphatic rings. The lowest BCUT2D eigenvalue weighted by Gasteiger charge is -2.06. The predicted octanol–water partition coefficient (Wildman–Crippen LogP) is 3.73. The summed E-state index contributed by atoms with van der Waals surface area (Å²) < 4.78 is 5.53. The highest BCUT2D eigenvalue weighted by atomic mass is 16.5. The summed E-state index contributed by atoms with van der Waals surface area (Å²) in [5.74, 6) is 0.724. The molecule has 2 nitrogen and oxygen atoms in total. The van der Waals surface area contributed by atoms with E-state index in [1.165, 1.54) is 12.2 Å². The van der Waals surface area contributed by atoms with Gasteiger partial charge in [0.25, 0.3) is 0 Å². The lowest BCUT2D eigenvalue weighted by atomic mass is 10.2. The van der Waals surface area contributed by atoms with Crippen molar-refractivity contribution in [3.05, 3.63) is 72.2 Å². The van der Waals surface area contributed by atoms with Gasteiger partial charge in [0.15, 0.2) is 0 Å². The van der Waals surface area contributed by atoms with Crippen LogP contribution in [0.3, 0.4) is 0 Å². The quantitative estimate of drug-likeness (QED) is 0.600. The zero-order valence-electron chi connectivity index (χ0n) is 9.39. The number of rotatable bonds is 5. The maximum absolute atomic E-state index is 9.28. The van der Waals surface area contributed by atoms with Crippen LogP contribution in [0.15, 0.2) is 66.7 Å². The molecule has 0 fully saturated rings. The average molecular weight is 216 g/mol. The summed E-state index contributed by atoms with van der Waals surface area (Å²) in [6.07, 6.45) is 4.70. The molecule has 1 N–H and O–H groups in total. The van der Waals surface area contributed by atoms with Crippen molar-refractivity contribution < 1.29 is 9.84 Å². The molecule has 0 spiro atoms. The monoisotopic (exact) mass is 216 g/mol. The number of benzene rings is 1. The van der Waals surface area contributed by atoms with E-state index in [9.17, 15) is 5.11 Å². The van der Waals surface area contributed by atoms with Crippen LogP contribution in [-0.2, 0) is 11.3 Å². The van der Waals surface area contributed by atoms with Crippen LogP contribution in [0, 0.1) is 0 Å². The van der Waals surface area contributed by atoms with Crippen LogP contribution in [0.1, 0.15) is 12.5 Å². The smallest absolute Gasteiger partial charge is 0.119 e. The van der Waals surface area contributed by atoms with Gasteiger partial charge in [0.2, 0.25) is 0 Å². The molecule has 0 aliphatic carbocycles. The number of aliphatic hydroxyl groups is 1. The molecule has 0 radical (unpaired) electrons. The molecule has 0 unspecified atom stereocenters. The van der Waals surface area contributed by atoms with Crippen molar-refractivity contribution in [3.8, 4) is 0 Å². The Labute approximate surface area is 96.2 Å². The van der Waals surface area contributed by atoms with Crippen LogP contribution < -0.4 is 0 Å². The number of aliphatic hydroxyl groups excluding tert-OH is 1. The third-order valence-electron chi connectivity index (χ3n) is 2.03. The van der Waals surface area contributed by atoms with E-state index in [0.29, 0.717) is 12.4 Å². The van der Waals surface area contributed by atoms with Gasteiger partial charge in [0, 0.05) is 6.08 Å². The van der Waals surface area contributed by atoms with Crippen molar-refractivity contribution in [2.45, 2.75) is 13.5 Å². The second-order valence-electron chi connectivity index (χ2n) is 3.24. The van der Waals surface area contributed by atoms with Gasteiger partial charge in [-0.2, -0.15) is 0 Å². The second-order valence-corrected chi connectivity index (χ2v) is 3.24. The minimum Gasteiger partial charge on any atom is -0.508 e. The number of hydrogen-bond acceptors (Lipinski definition) is 2. The molecule has 0 amide bonds. The van der Waals surface area contributed by atoms with Crippen LogP contribution in [0.2, 0.25) is 0 Å². The highest BCUT2D eigenvalue weighted by molar-refractivity contribution is 5.21. The van der Waals surface area contributed by atoms with Crippen molar-refractivity contribution >= 4 is 0 Å². The van der Waals surface area contributed by atoms with E-state index >= 15 is 0 Å². The van der Waals surface area contributed by atoms with Gasteiger partial charge in [-0.1, -0.05) is 36.9 Å². The number of ether oxygens (including phenoxy) is 1. The Morgan fingerprint density at radius 1 is 1.38 bits per heavy atom. The van der Waals surface area contributed by atoms with E-state index in [4.69, 9.17) is 4.74 Å². The first kappa shape index (κ1) is 12.1. The topological polar surface area (TPSA) is 29.5 Å². The minimum atomic E-state index is 0.0983. The van der Waals surface area contributed by atoms with Gasteiger partial charge in [-0.15, -0.1) is 0 Å². The number of hydrogen-bond donors (Lipinski definition) is 1. The van der Waals surface area contributed by atoms with Crippen LogP contribution >= 0.6 is 0 Å². The molecule has 0 aromatic heterocycles. The summed E-state index contributed by atoms with van der Waals surface area (Å²) in [7, 11) is 0. The maximum atomic E-state index is 9.28. The molecule has 84 valence electrons. The molecule has 1 aromatic carbocycles.